The Hall–Kier alpha value is -2.42. The number of amides is 1. The second-order valence-electron chi connectivity index (χ2n) is 7.28. The highest BCUT2D eigenvalue weighted by molar-refractivity contribution is 7.90. The molecule has 0 aromatic heterocycles. The number of ether oxygens (including phenoxy) is 1. The molecule has 9 heteroatoms. The van der Waals surface area contributed by atoms with Gasteiger partial charge < -0.3 is 15.0 Å². The molecule has 2 aliphatic rings. The highest BCUT2D eigenvalue weighted by atomic mass is 32.2. The molecule has 1 fully saturated rings. The third-order valence-corrected chi connectivity index (χ3v) is 6.60. The number of sulfonamides is 1. The van der Waals surface area contributed by atoms with E-state index in [-0.39, 0.29) is 22.4 Å². The summed E-state index contributed by atoms with van der Waals surface area (Å²) in [6.45, 7) is 4.22. The number of carbonyl (C=O) groups is 2. The first-order valence-corrected chi connectivity index (χ1v) is 11.5. The Balaban J connectivity index is 1.76. The van der Waals surface area contributed by atoms with Crippen molar-refractivity contribution >= 4 is 33.4 Å². The van der Waals surface area contributed by atoms with Gasteiger partial charge in [-0.05, 0) is 43.9 Å². The number of nitrogens with zero attached hydrogens (tertiary/aromatic N) is 2. The number of rotatable bonds is 6. The molecular formula is C20H27N3O5S. The Morgan fingerprint density at radius 2 is 1.97 bits per heavy atom. The van der Waals surface area contributed by atoms with Gasteiger partial charge in [0.1, 0.15) is 10.7 Å². The first-order valence-electron chi connectivity index (χ1n) is 10.1. The molecule has 29 heavy (non-hydrogen) atoms. The van der Waals surface area contributed by atoms with Gasteiger partial charge in [0, 0.05) is 19.0 Å². The van der Waals surface area contributed by atoms with Gasteiger partial charge in [0.15, 0.2) is 6.61 Å². The Kier molecular flexibility index (Phi) is 6.56. The van der Waals surface area contributed by atoms with Crippen LogP contribution in [0.5, 0.6) is 0 Å². The number of amidine groups is 1. The Labute approximate surface area is 171 Å². The first-order chi connectivity index (χ1) is 13.9. The van der Waals surface area contributed by atoms with Crippen molar-refractivity contribution in [2.75, 3.05) is 18.1 Å². The minimum absolute atomic E-state index is 0.000850. The SMILES string of the molecule is CCC(CC)NC(=O)COC(=O)c1ccc2c(c1)S(=O)(=O)N=C1CCCCCN12. The van der Waals surface area contributed by atoms with Crippen LogP contribution in [-0.4, -0.2) is 45.3 Å². The third kappa shape index (κ3) is 4.77. The Morgan fingerprint density at radius 3 is 2.69 bits per heavy atom. The predicted octanol–water partition coefficient (Wildman–Crippen LogP) is 2.63. The summed E-state index contributed by atoms with van der Waals surface area (Å²) in [6.07, 6.45) is 5.08. The van der Waals surface area contributed by atoms with E-state index in [1.807, 2.05) is 18.7 Å². The van der Waals surface area contributed by atoms with Gasteiger partial charge in [0.2, 0.25) is 0 Å². The number of fused-ring (bicyclic) bond motifs is 3. The number of benzene rings is 1. The van der Waals surface area contributed by atoms with Crippen LogP contribution in [-0.2, 0) is 19.6 Å². The fraction of sp³-hybridized carbons (Fsp3) is 0.550. The number of hydrogen-bond acceptors (Lipinski definition) is 6. The summed E-state index contributed by atoms with van der Waals surface area (Å²) in [5, 5.41) is 2.79. The van der Waals surface area contributed by atoms with E-state index in [4.69, 9.17) is 4.74 Å². The van der Waals surface area contributed by atoms with Crippen molar-refractivity contribution in [3.05, 3.63) is 23.8 Å². The van der Waals surface area contributed by atoms with Crippen molar-refractivity contribution < 1.29 is 22.7 Å². The molecule has 0 bridgehead atoms. The van der Waals surface area contributed by atoms with Crippen LogP contribution in [0.15, 0.2) is 27.5 Å². The molecule has 0 unspecified atom stereocenters. The summed E-state index contributed by atoms with van der Waals surface area (Å²) in [4.78, 5) is 26.2. The van der Waals surface area contributed by atoms with Crippen molar-refractivity contribution in [3.8, 4) is 0 Å². The summed E-state index contributed by atoms with van der Waals surface area (Å²) in [7, 11) is -3.88. The molecule has 0 spiro atoms. The highest BCUT2D eigenvalue weighted by Gasteiger charge is 2.32. The number of nitrogens with one attached hydrogen (secondary N) is 1. The maximum absolute atomic E-state index is 12.6. The number of esters is 1. The van der Waals surface area contributed by atoms with Crippen molar-refractivity contribution in [1.82, 2.24) is 5.32 Å². The molecule has 2 aliphatic heterocycles. The summed E-state index contributed by atoms with van der Waals surface area (Å²) < 4.78 is 34.3. The van der Waals surface area contributed by atoms with E-state index in [1.54, 1.807) is 6.07 Å². The molecule has 8 nitrogen and oxygen atoms in total. The highest BCUT2D eigenvalue weighted by Crippen LogP contribution is 2.35. The molecule has 1 saturated heterocycles. The second kappa shape index (κ2) is 8.94. The van der Waals surface area contributed by atoms with Gasteiger partial charge in [-0.25, -0.2) is 4.79 Å². The lowest BCUT2D eigenvalue weighted by atomic mass is 10.1. The normalized spacial score (nSPS) is 17.6. The van der Waals surface area contributed by atoms with Crippen LogP contribution >= 0.6 is 0 Å². The molecule has 0 radical (unpaired) electrons. The number of anilines is 1. The van der Waals surface area contributed by atoms with Gasteiger partial charge in [0.05, 0.1) is 11.3 Å². The summed E-state index contributed by atoms with van der Waals surface area (Å²) in [5.41, 5.74) is 0.621. The summed E-state index contributed by atoms with van der Waals surface area (Å²) in [5.74, 6) is -0.562. The Bertz CT molecular complexity index is 922. The average Bonchev–Trinajstić information content (AvgIpc) is 2.94. The molecule has 158 valence electrons. The molecule has 1 N–H and O–H groups in total. The Morgan fingerprint density at radius 1 is 1.21 bits per heavy atom. The number of hydrogen-bond donors (Lipinski definition) is 1. The van der Waals surface area contributed by atoms with Crippen LogP contribution in [0.4, 0.5) is 5.69 Å². The average molecular weight is 422 g/mol. The maximum atomic E-state index is 12.6. The van der Waals surface area contributed by atoms with E-state index >= 15 is 0 Å². The predicted molar refractivity (Wildman–Crippen MR) is 110 cm³/mol. The fourth-order valence-electron chi connectivity index (χ4n) is 3.58. The van der Waals surface area contributed by atoms with Crippen molar-refractivity contribution in [1.29, 1.82) is 0 Å². The van der Waals surface area contributed by atoms with Gasteiger partial charge in [-0.2, -0.15) is 8.42 Å². The smallest absolute Gasteiger partial charge is 0.338 e. The number of carbonyl (C=O) groups excluding carboxylic acids is 2. The van der Waals surface area contributed by atoms with Crippen LogP contribution in [0.2, 0.25) is 0 Å². The minimum Gasteiger partial charge on any atom is -0.452 e. The molecule has 2 heterocycles. The molecule has 1 aromatic rings. The van der Waals surface area contributed by atoms with E-state index in [9.17, 15) is 18.0 Å². The van der Waals surface area contributed by atoms with Gasteiger partial charge in [-0.3, -0.25) is 4.79 Å². The van der Waals surface area contributed by atoms with Crippen LogP contribution in [0, 0.1) is 0 Å². The minimum atomic E-state index is -3.88. The zero-order valence-corrected chi connectivity index (χ0v) is 17.6. The zero-order valence-electron chi connectivity index (χ0n) is 16.8. The van der Waals surface area contributed by atoms with Gasteiger partial charge >= 0.3 is 5.97 Å². The second-order valence-corrected chi connectivity index (χ2v) is 8.86. The van der Waals surface area contributed by atoms with Crippen LogP contribution < -0.4 is 10.2 Å². The van der Waals surface area contributed by atoms with Crippen molar-refractivity contribution in [3.63, 3.8) is 0 Å². The van der Waals surface area contributed by atoms with Crippen LogP contribution in [0.1, 0.15) is 62.7 Å². The zero-order chi connectivity index (χ0) is 21.0. The van der Waals surface area contributed by atoms with E-state index in [2.05, 4.69) is 9.71 Å². The maximum Gasteiger partial charge on any atom is 0.338 e. The topological polar surface area (TPSA) is 105 Å². The van der Waals surface area contributed by atoms with Gasteiger partial charge in [-0.15, -0.1) is 4.40 Å². The van der Waals surface area contributed by atoms with E-state index < -0.39 is 22.6 Å². The lowest BCUT2D eigenvalue weighted by molar-refractivity contribution is -0.125. The van der Waals surface area contributed by atoms with E-state index in [0.29, 0.717) is 24.5 Å². The van der Waals surface area contributed by atoms with Crippen LogP contribution in [0.25, 0.3) is 0 Å². The molecular weight excluding hydrogens is 394 g/mol. The lowest BCUT2D eigenvalue weighted by Crippen LogP contribution is -2.37. The molecule has 1 amide bonds. The van der Waals surface area contributed by atoms with Crippen molar-refractivity contribution in [2.24, 2.45) is 4.40 Å². The summed E-state index contributed by atoms with van der Waals surface area (Å²) >= 11 is 0. The molecule has 0 aliphatic carbocycles. The fourth-order valence-corrected chi connectivity index (χ4v) is 4.87. The monoisotopic (exact) mass is 421 g/mol. The van der Waals surface area contributed by atoms with E-state index in [0.717, 1.165) is 32.1 Å². The van der Waals surface area contributed by atoms with Crippen LogP contribution in [0.3, 0.4) is 0 Å². The first kappa shape index (κ1) is 21.3. The lowest BCUT2D eigenvalue weighted by Gasteiger charge is -2.29. The molecule has 3 rings (SSSR count). The van der Waals surface area contributed by atoms with Gasteiger partial charge in [0.25, 0.3) is 15.9 Å². The van der Waals surface area contributed by atoms with E-state index in [1.165, 1.54) is 12.1 Å². The molecule has 0 saturated carbocycles. The largest absolute Gasteiger partial charge is 0.452 e. The summed E-state index contributed by atoms with van der Waals surface area (Å²) in [6, 6.07) is 4.48. The quantitative estimate of drug-likeness (QED) is 0.708. The molecule has 0 atom stereocenters. The van der Waals surface area contributed by atoms with Crippen molar-refractivity contribution in [2.45, 2.75) is 63.3 Å². The molecule has 1 aromatic carbocycles. The third-order valence-electron chi connectivity index (χ3n) is 5.27. The standard InChI is InChI=1S/C20H27N3O5S/c1-3-15(4-2)21-19(24)13-28-20(25)14-9-10-16-17(12-14)29(26,27)22-18-8-6-5-7-11-23(16)18/h9-10,12,15H,3-8,11,13H2,1-2H3,(H,21,24). The van der Waals surface area contributed by atoms with Gasteiger partial charge in [-0.1, -0.05) is 20.3 Å².